The Labute approximate surface area is 124 Å². The third-order valence-electron chi connectivity index (χ3n) is 4.52. The molecule has 0 saturated heterocycles. The van der Waals surface area contributed by atoms with Crippen molar-refractivity contribution in [3.05, 3.63) is 29.1 Å². The summed E-state index contributed by atoms with van der Waals surface area (Å²) < 4.78 is 0. The highest BCUT2D eigenvalue weighted by atomic mass is 14.9. The van der Waals surface area contributed by atoms with Crippen LogP contribution in [-0.4, -0.2) is 11.5 Å². The Morgan fingerprint density at radius 1 is 1.25 bits per heavy atom. The molecule has 0 aromatic carbocycles. The highest BCUT2D eigenvalue weighted by Crippen LogP contribution is 2.32. The molecular weight excluding hydrogens is 244 g/mol. The molecule has 1 fully saturated rings. The van der Waals surface area contributed by atoms with E-state index in [-0.39, 0.29) is 0 Å². The van der Waals surface area contributed by atoms with Gasteiger partial charge in [0.05, 0.1) is 11.7 Å². The van der Waals surface area contributed by atoms with E-state index in [2.05, 4.69) is 32.2 Å². The minimum absolute atomic E-state index is 0.443. The van der Waals surface area contributed by atoms with Crippen LogP contribution in [-0.2, 0) is 0 Å². The van der Waals surface area contributed by atoms with Crippen LogP contribution < -0.4 is 5.32 Å². The topological polar surface area (TPSA) is 24.9 Å². The SMILES string of the molecule is CCCNC(CC1CCCCC1)c1ncc(C)cc1C. The molecule has 0 amide bonds. The Bertz CT molecular complexity index is 408. The smallest absolute Gasteiger partial charge is 0.0602 e. The van der Waals surface area contributed by atoms with Crippen LogP contribution in [0.15, 0.2) is 12.3 Å². The largest absolute Gasteiger partial charge is 0.309 e. The lowest BCUT2D eigenvalue weighted by atomic mass is 9.83. The van der Waals surface area contributed by atoms with E-state index >= 15 is 0 Å². The first kappa shape index (κ1) is 15.5. The van der Waals surface area contributed by atoms with Gasteiger partial charge in [-0.05, 0) is 50.3 Å². The van der Waals surface area contributed by atoms with E-state index in [0.717, 1.165) is 12.5 Å². The first-order valence-electron chi connectivity index (χ1n) is 8.37. The molecular formula is C18H30N2. The highest BCUT2D eigenvalue weighted by molar-refractivity contribution is 5.25. The molecule has 1 unspecified atom stereocenters. The van der Waals surface area contributed by atoms with Gasteiger partial charge in [0.1, 0.15) is 0 Å². The number of hydrogen-bond donors (Lipinski definition) is 1. The van der Waals surface area contributed by atoms with E-state index in [9.17, 15) is 0 Å². The molecule has 0 bridgehead atoms. The van der Waals surface area contributed by atoms with E-state index in [1.165, 1.54) is 61.8 Å². The lowest BCUT2D eigenvalue weighted by molar-refractivity contribution is 0.297. The van der Waals surface area contributed by atoms with Crippen LogP contribution in [0.2, 0.25) is 0 Å². The second-order valence-electron chi connectivity index (χ2n) is 6.46. The summed E-state index contributed by atoms with van der Waals surface area (Å²) in [6.45, 7) is 7.66. The first-order chi connectivity index (χ1) is 9.70. The average molecular weight is 274 g/mol. The van der Waals surface area contributed by atoms with Gasteiger partial charge in [0, 0.05) is 6.20 Å². The van der Waals surface area contributed by atoms with Gasteiger partial charge in [-0.25, -0.2) is 0 Å². The van der Waals surface area contributed by atoms with Crippen molar-refractivity contribution in [1.82, 2.24) is 10.3 Å². The van der Waals surface area contributed by atoms with Gasteiger partial charge in [-0.1, -0.05) is 45.1 Å². The molecule has 1 aliphatic carbocycles. The average Bonchev–Trinajstić information content (AvgIpc) is 2.45. The third-order valence-corrected chi connectivity index (χ3v) is 4.52. The lowest BCUT2D eigenvalue weighted by Crippen LogP contribution is -2.26. The second kappa shape index (κ2) is 7.78. The van der Waals surface area contributed by atoms with Gasteiger partial charge in [0.2, 0.25) is 0 Å². The molecule has 2 nitrogen and oxygen atoms in total. The zero-order chi connectivity index (χ0) is 14.4. The zero-order valence-electron chi connectivity index (χ0n) is 13.4. The van der Waals surface area contributed by atoms with Crippen LogP contribution in [0.4, 0.5) is 0 Å². The molecule has 0 radical (unpaired) electrons. The van der Waals surface area contributed by atoms with Crippen LogP contribution in [0.5, 0.6) is 0 Å². The quantitative estimate of drug-likeness (QED) is 0.812. The molecule has 1 heterocycles. The molecule has 0 aliphatic heterocycles. The van der Waals surface area contributed by atoms with Crippen LogP contribution in [0.3, 0.4) is 0 Å². The molecule has 112 valence electrons. The summed E-state index contributed by atoms with van der Waals surface area (Å²) in [6.07, 6.45) is 11.6. The molecule has 1 atom stereocenters. The summed E-state index contributed by atoms with van der Waals surface area (Å²) in [4.78, 5) is 4.73. The number of rotatable bonds is 6. The van der Waals surface area contributed by atoms with Crippen molar-refractivity contribution in [3.63, 3.8) is 0 Å². The number of aromatic nitrogens is 1. The van der Waals surface area contributed by atoms with E-state index in [0.29, 0.717) is 6.04 Å². The molecule has 1 saturated carbocycles. The predicted octanol–water partition coefficient (Wildman–Crippen LogP) is 4.71. The number of pyridine rings is 1. The Balaban J connectivity index is 2.08. The van der Waals surface area contributed by atoms with Crippen molar-refractivity contribution < 1.29 is 0 Å². The van der Waals surface area contributed by atoms with Crippen LogP contribution in [0, 0.1) is 19.8 Å². The predicted molar refractivity (Wildman–Crippen MR) is 85.9 cm³/mol. The molecule has 1 N–H and O–H groups in total. The third kappa shape index (κ3) is 4.31. The molecule has 0 spiro atoms. The zero-order valence-corrected chi connectivity index (χ0v) is 13.4. The summed E-state index contributed by atoms with van der Waals surface area (Å²) >= 11 is 0. The molecule has 2 heteroatoms. The fraction of sp³-hybridized carbons (Fsp3) is 0.722. The van der Waals surface area contributed by atoms with Crippen molar-refractivity contribution in [1.29, 1.82) is 0 Å². The Morgan fingerprint density at radius 3 is 2.65 bits per heavy atom. The number of aryl methyl sites for hydroxylation is 2. The number of nitrogens with one attached hydrogen (secondary N) is 1. The maximum absolute atomic E-state index is 4.73. The standard InChI is InChI=1S/C18H30N2/c1-4-10-19-17(12-16-8-6-5-7-9-16)18-15(3)11-14(2)13-20-18/h11,13,16-17,19H,4-10,12H2,1-3H3. The molecule has 1 aromatic heterocycles. The minimum Gasteiger partial charge on any atom is -0.309 e. The van der Waals surface area contributed by atoms with E-state index in [4.69, 9.17) is 4.98 Å². The van der Waals surface area contributed by atoms with E-state index in [1.807, 2.05) is 6.20 Å². The maximum Gasteiger partial charge on any atom is 0.0602 e. The second-order valence-corrected chi connectivity index (χ2v) is 6.46. The number of hydrogen-bond acceptors (Lipinski definition) is 2. The van der Waals surface area contributed by atoms with E-state index in [1.54, 1.807) is 0 Å². The molecule has 1 aliphatic rings. The summed E-state index contributed by atoms with van der Waals surface area (Å²) in [7, 11) is 0. The van der Waals surface area contributed by atoms with Gasteiger partial charge in [0.25, 0.3) is 0 Å². The Hall–Kier alpha value is -0.890. The van der Waals surface area contributed by atoms with Crippen molar-refractivity contribution in [3.8, 4) is 0 Å². The Morgan fingerprint density at radius 2 is 2.00 bits per heavy atom. The van der Waals surface area contributed by atoms with Crippen molar-refractivity contribution in [2.24, 2.45) is 5.92 Å². The van der Waals surface area contributed by atoms with Crippen LogP contribution >= 0.6 is 0 Å². The lowest BCUT2D eigenvalue weighted by Gasteiger charge is -2.28. The maximum atomic E-state index is 4.73. The molecule has 20 heavy (non-hydrogen) atoms. The van der Waals surface area contributed by atoms with Crippen molar-refractivity contribution >= 4 is 0 Å². The minimum atomic E-state index is 0.443. The first-order valence-corrected chi connectivity index (χ1v) is 8.37. The fourth-order valence-electron chi connectivity index (χ4n) is 3.46. The van der Waals surface area contributed by atoms with Gasteiger partial charge in [-0.2, -0.15) is 0 Å². The summed E-state index contributed by atoms with van der Waals surface area (Å²) in [5.74, 6) is 0.889. The normalized spacial score (nSPS) is 18.1. The van der Waals surface area contributed by atoms with Crippen molar-refractivity contribution in [2.45, 2.75) is 71.8 Å². The summed E-state index contributed by atoms with van der Waals surface area (Å²) in [5.41, 5.74) is 3.88. The van der Waals surface area contributed by atoms with Crippen LogP contribution in [0.1, 0.15) is 74.7 Å². The number of nitrogens with zero attached hydrogens (tertiary/aromatic N) is 1. The molecule has 1 aromatic rings. The van der Waals surface area contributed by atoms with Gasteiger partial charge < -0.3 is 5.32 Å². The van der Waals surface area contributed by atoms with Crippen LogP contribution in [0.25, 0.3) is 0 Å². The van der Waals surface area contributed by atoms with E-state index < -0.39 is 0 Å². The monoisotopic (exact) mass is 274 g/mol. The summed E-state index contributed by atoms with van der Waals surface area (Å²) in [5, 5.41) is 3.73. The van der Waals surface area contributed by atoms with Gasteiger partial charge in [-0.15, -0.1) is 0 Å². The summed E-state index contributed by atoms with van der Waals surface area (Å²) in [6, 6.07) is 2.71. The van der Waals surface area contributed by atoms with Gasteiger partial charge >= 0.3 is 0 Å². The van der Waals surface area contributed by atoms with Gasteiger partial charge in [0.15, 0.2) is 0 Å². The molecule has 2 rings (SSSR count). The fourth-order valence-corrected chi connectivity index (χ4v) is 3.46. The van der Waals surface area contributed by atoms with Gasteiger partial charge in [-0.3, -0.25) is 4.98 Å². The Kier molecular flexibility index (Phi) is 6.03. The van der Waals surface area contributed by atoms with Crippen molar-refractivity contribution in [2.75, 3.05) is 6.54 Å². The highest BCUT2D eigenvalue weighted by Gasteiger charge is 2.21.